The van der Waals surface area contributed by atoms with Gasteiger partial charge in [-0.05, 0) is 30.5 Å². The van der Waals surface area contributed by atoms with Gasteiger partial charge in [-0.2, -0.15) is 0 Å². The lowest BCUT2D eigenvalue weighted by Gasteiger charge is -2.28. The van der Waals surface area contributed by atoms with Gasteiger partial charge in [-0.25, -0.2) is 0 Å². The molecule has 29 heavy (non-hydrogen) atoms. The summed E-state index contributed by atoms with van der Waals surface area (Å²) in [6.45, 7) is 0.348. The second-order valence-electron chi connectivity index (χ2n) is 7.62. The highest BCUT2D eigenvalue weighted by atomic mass is 16.5. The number of ether oxygens (including phenoxy) is 3. The summed E-state index contributed by atoms with van der Waals surface area (Å²) in [5, 5.41) is 0. The predicted octanol–water partition coefficient (Wildman–Crippen LogP) is 3.36. The maximum atomic E-state index is 13.5. The quantitative estimate of drug-likeness (QED) is 0.702. The zero-order chi connectivity index (χ0) is 20.6. The standard InChI is InChI=1S/C23H25NO5/c1-27-17-10-9-16(18(13-17)28-2)14-24-20(15-7-5-4-6-8-15)19(21(25)29-3)23(11-12-23)22(24)26/h4-10,13,19-20H,11-12,14H2,1-3H3. The van der Waals surface area contributed by atoms with E-state index >= 15 is 0 Å². The van der Waals surface area contributed by atoms with Crippen LogP contribution in [0.25, 0.3) is 0 Å². The van der Waals surface area contributed by atoms with E-state index in [-0.39, 0.29) is 17.9 Å². The van der Waals surface area contributed by atoms with Crippen molar-refractivity contribution in [3.05, 3.63) is 59.7 Å². The van der Waals surface area contributed by atoms with Crippen molar-refractivity contribution in [2.45, 2.75) is 25.4 Å². The molecule has 1 saturated heterocycles. The third-order valence-electron chi connectivity index (χ3n) is 6.15. The molecule has 1 saturated carbocycles. The molecule has 2 aliphatic rings. The molecule has 1 spiro atoms. The normalized spacial score (nSPS) is 21.9. The van der Waals surface area contributed by atoms with Crippen LogP contribution < -0.4 is 9.47 Å². The molecule has 4 rings (SSSR count). The summed E-state index contributed by atoms with van der Waals surface area (Å²) in [6, 6.07) is 14.9. The molecule has 0 N–H and O–H groups in total. The summed E-state index contributed by atoms with van der Waals surface area (Å²) in [7, 11) is 4.58. The Kier molecular flexibility index (Phi) is 4.94. The monoisotopic (exact) mass is 395 g/mol. The van der Waals surface area contributed by atoms with Crippen LogP contribution in [0.1, 0.15) is 30.0 Å². The summed E-state index contributed by atoms with van der Waals surface area (Å²) in [4.78, 5) is 28.1. The van der Waals surface area contributed by atoms with Gasteiger partial charge in [0.15, 0.2) is 0 Å². The van der Waals surface area contributed by atoms with E-state index in [0.29, 0.717) is 30.9 Å². The van der Waals surface area contributed by atoms with Crippen molar-refractivity contribution in [1.29, 1.82) is 0 Å². The van der Waals surface area contributed by atoms with Crippen LogP contribution in [0.15, 0.2) is 48.5 Å². The van der Waals surface area contributed by atoms with Crippen LogP contribution in [0.3, 0.4) is 0 Å². The van der Waals surface area contributed by atoms with Crippen molar-refractivity contribution < 1.29 is 23.8 Å². The molecule has 2 aromatic carbocycles. The van der Waals surface area contributed by atoms with E-state index in [0.717, 1.165) is 11.1 Å². The third kappa shape index (κ3) is 3.12. The summed E-state index contributed by atoms with van der Waals surface area (Å²) >= 11 is 0. The van der Waals surface area contributed by atoms with Gasteiger partial charge in [0.1, 0.15) is 11.5 Å². The van der Waals surface area contributed by atoms with Crippen LogP contribution in [-0.2, 0) is 20.9 Å². The van der Waals surface area contributed by atoms with E-state index in [1.807, 2.05) is 47.4 Å². The molecule has 2 unspecified atom stereocenters. The predicted molar refractivity (Wildman–Crippen MR) is 106 cm³/mol. The molecule has 2 aromatic rings. The van der Waals surface area contributed by atoms with E-state index < -0.39 is 11.3 Å². The second kappa shape index (κ2) is 7.43. The largest absolute Gasteiger partial charge is 0.497 e. The van der Waals surface area contributed by atoms with Gasteiger partial charge < -0.3 is 19.1 Å². The molecule has 0 aromatic heterocycles. The van der Waals surface area contributed by atoms with Gasteiger partial charge >= 0.3 is 5.97 Å². The number of carbonyl (C=O) groups excluding carboxylic acids is 2. The van der Waals surface area contributed by atoms with Crippen molar-refractivity contribution in [2.24, 2.45) is 11.3 Å². The highest BCUT2D eigenvalue weighted by molar-refractivity contribution is 5.95. The minimum absolute atomic E-state index is 0.0135. The molecular weight excluding hydrogens is 370 g/mol. The van der Waals surface area contributed by atoms with E-state index in [1.54, 1.807) is 20.3 Å². The van der Waals surface area contributed by atoms with E-state index in [9.17, 15) is 9.59 Å². The summed E-state index contributed by atoms with van der Waals surface area (Å²) < 4.78 is 15.9. The Morgan fingerprint density at radius 1 is 1.07 bits per heavy atom. The van der Waals surface area contributed by atoms with Crippen molar-refractivity contribution in [1.82, 2.24) is 4.90 Å². The van der Waals surface area contributed by atoms with Crippen molar-refractivity contribution in [3.63, 3.8) is 0 Å². The Morgan fingerprint density at radius 2 is 1.79 bits per heavy atom. The van der Waals surface area contributed by atoms with Crippen molar-refractivity contribution >= 4 is 11.9 Å². The number of benzene rings is 2. The van der Waals surface area contributed by atoms with Crippen LogP contribution in [0.5, 0.6) is 11.5 Å². The molecule has 2 fully saturated rings. The molecule has 1 heterocycles. The summed E-state index contributed by atoms with van der Waals surface area (Å²) in [5.74, 6) is 0.513. The topological polar surface area (TPSA) is 65.1 Å². The number of hydrogen-bond acceptors (Lipinski definition) is 5. The maximum absolute atomic E-state index is 13.5. The fraction of sp³-hybridized carbons (Fsp3) is 0.391. The van der Waals surface area contributed by atoms with E-state index in [4.69, 9.17) is 14.2 Å². The van der Waals surface area contributed by atoms with Gasteiger partial charge in [0.2, 0.25) is 5.91 Å². The first-order chi connectivity index (χ1) is 14.1. The molecule has 0 bridgehead atoms. The first kappa shape index (κ1) is 19.3. The Labute approximate surface area is 170 Å². The van der Waals surface area contributed by atoms with Crippen LogP contribution >= 0.6 is 0 Å². The number of likely N-dealkylation sites (tertiary alicyclic amines) is 1. The Balaban J connectivity index is 1.77. The van der Waals surface area contributed by atoms with E-state index in [1.165, 1.54) is 7.11 Å². The number of carbonyl (C=O) groups is 2. The van der Waals surface area contributed by atoms with Gasteiger partial charge in [-0.1, -0.05) is 30.3 Å². The SMILES string of the molecule is COC(=O)C1C(c2ccccc2)N(Cc2ccc(OC)cc2OC)C(=O)C12CC2. The van der Waals surface area contributed by atoms with Gasteiger partial charge in [0.05, 0.1) is 38.7 Å². The molecule has 152 valence electrons. The highest BCUT2D eigenvalue weighted by Gasteiger charge is 2.68. The summed E-state index contributed by atoms with van der Waals surface area (Å²) in [5.41, 5.74) is 1.16. The number of nitrogens with zero attached hydrogens (tertiary/aromatic N) is 1. The Bertz CT molecular complexity index is 922. The summed E-state index contributed by atoms with van der Waals surface area (Å²) in [6.07, 6.45) is 1.43. The van der Waals surface area contributed by atoms with E-state index in [2.05, 4.69) is 0 Å². The fourth-order valence-electron chi connectivity index (χ4n) is 4.53. The molecule has 0 radical (unpaired) electrons. The van der Waals surface area contributed by atoms with Crippen LogP contribution in [0.4, 0.5) is 0 Å². The lowest BCUT2D eigenvalue weighted by molar-refractivity contribution is -0.149. The molecule has 6 heteroatoms. The highest BCUT2D eigenvalue weighted by Crippen LogP contribution is 2.63. The number of hydrogen-bond donors (Lipinski definition) is 0. The molecule has 6 nitrogen and oxygen atoms in total. The number of rotatable bonds is 6. The van der Waals surface area contributed by atoms with Gasteiger partial charge in [-0.15, -0.1) is 0 Å². The zero-order valence-corrected chi connectivity index (χ0v) is 16.9. The lowest BCUT2D eigenvalue weighted by atomic mass is 9.84. The van der Waals surface area contributed by atoms with Crippen molar-refractivity contribution in [3.8, 4) is 11.5 Å². The first-order valence-corrected chi connectivity index (χ1v) is 9.70. The maximum Gasteiger partial charge on any atom is 0.312 e. The van der Waals surface area contributed by atoms with Crippen LogP contribution in [0.2, 0.25) is 0 Å². The van der Waals surface area contributed by atoms with Crippen LogP contribution in [-0.4, -0.2) is 38.1 Å². The van der Waals surface area contributed by atoms with Crippen LogP contribution in [0, 0.1) is 11.3 Å². The average molecular weight is 395 g/mol. The number of amides is 1. The fourth-order valence-corrected chi connectivity index (χ4v) is 4.53. The smallest absolute Gasteiger partial charge is 0.312 e. The minimum Gasteiger partial charge on any atom is -0.497 e. The third-order valence-corrected chi connectivity index (χ3v) is 6.15. The second-order valence-corrected chi connectivity index (χ2v) is 7.62. The molecule has 2 atom stereocenters. The molecule has 1 amide bonds. The first-order valence-electron chi connectivity index (χ1n) is 9.70. The minimum atomic E-state index is -0.646. The number of esters is 1. The zero-order valence-electron chi connectivity index (χ0n) is 16.9. The Morgan fingerprint density at radius 3 is 2.38 bits per heavy atom. The van der Waals surface area contributed by atoms with Gasteiger partial charge in [0.25, 0.3) is 0 Å². The average Bonchev–Trinajstić information content (AvgIpc) is 3.53. The van der Waals surface area contributed by atoms with Gasteiger partial charge in [-0.3, -0.25) is 9.59 Å². The molecule has 1 aliphatic carbocycles. The van der Waals surface area contributed by atoms with Crippen molar-refractivity contribution in [2.75, 3.05) is 21.3 Å². The molecule has 1 aliphatic heterocycles. The van der Waals surface area contributed by atoms with Gasteiger partial charge in [0, 0.05) is 18.2 Å². The lowest BCUT2D eigenvalue weighted by Crippen LogP contribution is -2.30. The molecular formula is C23H25NO5. The Hall–Kier alpha value is -3.02. The number of methoxy groups -OCH3 is 3.